The molecule has 1 atom stereocenters. The molecule has 2 aromatic rings. The SMILES string of the molecule is COc1ccc(C(CNC(=O)c2nc(SC)ncc2Cl)N2CCCCC2)cc1. The van der Waals surface area contributed by atoms with Crippen LogP contribution in [0.4, 0.5) is 0 Å². The topological polar surface area (TPSA) is 67.3 Å². The summed E-state index contributed by atoms with van der Waals surface area (Å²) in [5.74, 6) is 0.542. The van der Waals surface area contributed by atoms with Crippen LogP contribution in [0.2, 0.25) is 5.02 Å². The van der Waals surface area contributed by atoms with E-state index >= 15 is 0 Å². The lowest BCUT2D eigenvalue weighted by molar-refractivity contribution is 0.0918. The van der Waals surface area contributed by atoms with Gasteiger partial charge in [0.2, 0.25) is 0 Å². The van der Waals surface area contributed by atoms with Gasteiger partial charge in [-0.3, -0.25) is 9.69 Å². The third kappa shape index (κ3) is 5.16. The van der Waals surface area contributed by atoms with E-state index in [1.807, 2.05) is 18.4 Å². The molecular formula is C20H25ClN4O2S. The van der Waals surface area contributed by atoms with Crippen LogP contribution >= 0.6 is 23.4 Å². The van der Waals surface area contributed by atoms with Crippen LogP contribution in [0.3, 0.4) is 0 Å². The quantitative estimate of drug-likeness (QED) is 0.542. The van der Waals surface area contributed by atoms with Crippen molar-refractivity contribution in [1.82, 2.24) is 20.2 Å². The molecule has 1 saturated heterocycles. The minimum absolute atomic E-state index is 0.0933. The van der Waals surface area contributed by atoms with E-state index in [1.54, 1.807) is 7.11 Å². The second-order valence-electron chi connectivity index (χ2n) is 6.65. The molecule has 0 spiro atoms. The molecular weight excluding hydrogens is 396 g/mol. The largest absolute Gasteiger partial charge is 0.497 e. The van der Waals surface area contributed by atoms with Crippen LogP contribution in [0.5, 0.6) is 5.75 Å². The van der Waals surface area contributed by atoms with E-state index in [-0.39, 0.29) is 22.7 Å². The van der Waals surface area contributed by atoms with Crippen molar-refractivity contribution in [2.45, 2.75) is 30.5 Å². The van der Waals surface area contributed by atoms with Gasteiger partial charge >= 0.3 is 0 Å². The molecule has 0 aliphatic carbocycles. The van der Waals surface area contributed by atoms with Gasteiger partial charge in [0.25, 0.3) is 5.91 Å². The number of benzene rings is 1. The summed E-state index contributed by atoms with van der Waals surface area (Å²) in [7, 11) is 1.66. The Labute approximate surface area is 175 Å². The Bertz CT molecular complexity index is 797. The first-order chi connectivity index (χ1) is 13.6. The molecule has 0 bridgehead atoms. The fourth-order valence-corrected chi connectivity index (χ4v) is 3.91. The zero-order valence-electron chi connectivity index (χ0n) is 16.2. The van der Waals surface area contributed by atoms with Gasteiger partial charge < -0.3 is 10.1 Å². The Morgan fingerprint density at radius 3 is 2.64 bits per heavy atom. The number of carbonyl (C=O) groups excluding carboxylic acids is 1. The van der Waals surface area contributed by atoms with E-state index in [0.29, 0.717) is 11.7 Å². The lowest BCUT2D eigenvalue weighted by Gasteiger charge is -2.35. The highest BCUT2D eigenvalue weighted by molar-refractivity contribution is 7.98. The monoisotopic (exact) mass is 420 g/mol. The molecule has 0 radical (unpaired) electrons. The molecule has 1 fully saturated rings. The van der Waals surface area contributed by atoms with Crippen LogP contribution in [0, 0.1) is 0 Å². The minimum atomic E-state index is -0.279. The van der Waals surface area contributed by atoms with E-state index in [1.165, 1.54) is 37.2 Å². The highest BCUT2D eigenvalue weighted by Gasteiger charge is 2.24. The van der Waals surface area contributed by atoms with Gasteiger partial charge in [0, 0.05) is 6.54 Å². The molecule has 1 aliphatic rings. The molecule has 0 saturated carbocycles. The van der Waals surface area contributed by atoms with E-state index in [2.05, 4.69) is 32.3 Å². The van der Waals surface area contributed by atoms with Crippen molar-refractivity contribution in [2.24, 2.45) is 0 Å². The number of likely N-dealkylation sites (tertiary alicyclic amines) is 1. The molecule has 2 heterocycles. The van der Waals surface area contributed by atoms with E-state index < -0.39 is 0 Å². The molecule has 1 aromatic carbocycles. The maximum Gasteiger partial charge on any atom is 0.271 e. The number of aromatic nitrogens is 2. The number of thioether (sulfide) groups is 1. The number of piperidine rings is 1. The van der Waals surface area contributed by atoms with Gasteiger partial charge in [-0.05, 0) is 49.9 Å². The normalized spacial score (nSPS) is 15.8. The summed E-state index contributed by atoms with van der Waals surface area (Å²) in [6.07, 6.45) is 6.94. The van der Waals surface area contributed by atoms with E-state index in [0.717, 1.165) is 24.4 Å². The molecule has 8 heteroatoms. The van der Waals surface area contributed by atoms with E-state index in [4.69, 9.17) is 16.3 Å². The van der Waals surface area contributed by atoms with Crippen LogP contribution in [-0.2, 0) is 0 Å². The van der Waals surface area contributed by atoms with Gasteiger partial charge in [-0.25, -0.2) is 9.97 Å². The van der Waals surface area contributed by atoms with Crippen molar-refractivity contribution in [3.63, 3.8) is 0 Å². The summed E-state index contributed by atoms with van der Waals surface area (Å²) in [5, 5.41) is 3.80. The molecule has 28 heavy (non-hydrogen) atoms. The zero-order chi connectivity index (χ0) is 19.9. The molecule has 1 amide bonds. The average Bonchev–Trinajstić information content (AvgIpc) is 2.75. The number of hydrogen-bond acceptors (Lipinski definition) is 6. The fourth-order valence-electron chi connectivity index (χ4n) is 3.40. The van der Waals surface area contributed by atoms with Crippen molar-refractivity contribution in [3.8, 4) is 5.75 Å². The van der Waals surface area contributed by atoms with Crippen molar-refractivity contribution in [1.29, 1.82) is 0 Å². The third-order valence-electron chi connectivity index (χ3n) is 4.91. The highest BCUT2D eigenvalue weighted by Crippen LogP contribution is 2.26. The first-order valence-corrected chi connectivity index (χ1v) is 11.0. The number of hydrogen-bond donors (Lipinski definition) is 1. The van der Waals surface area contributed by atoms with Crippen LogP contribution in [0.25, 0.3) is 0 Å². The summed E-state index contributed by atoms with van der Waals surface area (Å²) in [4.78, 5) is 23.5. The van der Waals surface area contributed by atoms with Gasteiger partial charge in [0.05, 0.1) is 24.4 Å². The smallest absolute Gasteiger partial charge is 0.271 e. The van der Waals surface area contributed by atoms with Crippen LogP contribution in [-0.4, -0.2) is 53.8 Å². The minimum Gasteiger partial charge on any atom is -0.497 e. The Hall–Kier alpha value is -1.83. The summed E-state index contributed by atoms with van der Waals surface area (Å²) in [5.41, 5.74) is 1.37. The molecule has 150 valence electrons. The van der Waals surface area contributed by atoms with Crippen molar-refractivity contribution in [3.05, 3.63) is 46.7 Å². The highest BCUT2D eigenvalue weighted by atomic mass is 35.5. The maximum absolute atomic E-state index is 12.7. The lowest BCUT2D eigenvalue weighted by Crippen LogP contribution is -2.40. The first-order valence-electron chi connectivity index (χ1n) is 9.35. The van der Waals surface area contributed by atoms with Gasteiger partial charge in [-0.1, -0.05) is 41.9 Å². The molecule has 1 aromatic heterocycles. The average molecular weight is 421 g/mol. The Morgan fingerprint density at radius 2 is 2.00 bits per heavy atom. The van der Waals surface area contributed by atoms with Crippen LogP contribution in [0.1, 0.15) is 41.4 Å². The number of carbonyl (C=O) groups is 1. The number of ether oxygens (including phenoxy) is 1. The van der Waals surface area contributed by atoms with Crippen LogP contribution in [0.15, 0.2) is 35.6 Å². The van der Waals surface area contributed by atoms with Gasteiger partial charge in [0.15, 0.2) is 10.9 Å². The number of amides is 1. The number of halogens is 1. The summed E-state index contributed by atoms with van der Waals surface area (Å²) < 4.78 is 5.27. The number of nitrogens with zero attached hydrogens (tertiary/aromatic N) is 3. The number of nitrogens with one attached hydrogen (secondary N) is 1. The third-order valence-corrected chi connectivity index (χ3v) is 5.75. The second-order valence-corrected chi connectivity index (χ2v) is 7.83. The predicted octanol–water partition coefficient (Wildman–Crippen LogP) is 3.82. The van der Waals surface area contributed by atoms with E-state index in [9.17, 15) is 4.79 Å². The Kier molecular flexibility index (Phi) is 7.53. The number of rotatable bonds is 7. The van der Waals surface area contributed by atoms with Gasteiger partial charge in [0.1, 0.15) is 5.75 Å². The van der Waals surface area contributed by atoms with Crippen molar-refractivity contribution < 1.29 is 9.53 Å². The van der Waals surface area contributed by atoms with Gasteiger partial charge in [-0.2, -0.15) is 0 Å². The van der Waals surface area contributed by atoms with Crippen molar-refractivity contribution >= 4 is 29.3 Å². The molecule has 6 nitrogen and oxygen atoms in total. The first kappa shape index (κ1) is 20.9. The maximum atomic E-state index is 12.7. The standard InChI is InChI=1S/C20H25ClN4O2S/c1-27-15-8-6-14(7-9-15)17(25-10-4-3-5-11-25)13-22-19(26)18-16(21)12-23-20(24-18)28-2/h6-9,12,17H,3-5,10-11,13H2,1-2H3,(H,22,26). The molecule has 1 unspecified atom stereocenters. The predicted molar refractivity (Wildman–Crippen MR) is 112 cm³/mol. The summed E-state index contributed by atoms with van der Waals surface area (Å²) >= 11 is 7.52. The number of methoxy groups -OCH3 is 1. The Balaban J connectivity index is 1.76. The lowest BCUT2D eigenvalue weighted by atomic mass is 10.0. The second kappa shape index (κ2) is 10.1. The Morgan fingerprint density at radius 1 is 1.29 bits per heavy atom. The summed E-state index contributed by atoms with van der Waals surface area (Å²) in [6.45, 7) is 2.54. The van der Waals surface area contributed by atoms with Crippen molar-refractivity contribution in [2.75, 3.05) is 33.0 Å². The summed E-state index contributed by atoms with van der Waals surface area (Å²) in [6, 6.07) is 8.14. The fraction of sp³-hybridized carbons (Fsp3) is 0.450. The molecule has 3 rings (SSSR count). The van der Waals surface area contributed by atoms with Gasteiger partial charge in [-0.15, -0.1) is 0 Å². The zero-order valence-corrected chi connectivity index (χ0v) is 17.7. The van der Waals surface area contributed by atoms with Crippen LogP contribution < -0.4 is 10.1 Å². The molecule has 1 N–H and O–H groups in total. The molecule has 1 aliphatic heterocycles.